The van der Waals surface area contributed by atoms with Crippen molar-refractivity contribution in [1.29, 1.82) is 0 Å². The Bertz CT molecular complexity index is 1170. The molecule has 0 aliphatic carbocycles. The minimum absolute atomic E-state index is 0.0187. The molecule has 186 valence electrons. The summed E-state index contributed by atoms with van der Waals surface area (Å²) in [6.07, 6.45) is 1.14. The van der Waals surface area contributed by atoms with Crippen LogP contribution in [0, 0.1) is 0 Å². The minimum atomic E-state index is -1.22. The van der Waals surface area contributed by atoms with E-state index < -0.39 is 43.0 Å². The predicted octanol–water partition coefficient (Wildman–Crippen LogP) is 1.97. The Morgan fingerprint density at radius 1 is 1.29 bits per heavy atom. The van der Waals surface area contributed by atoms with E-state index in [4.69, 9.17) is 11.6 Å². The molecule has 2 heterocycles. The highest BCUT2D eigenvalue weighted by molar-refractivity contribution is 9.10. The Morgan fingerprint density at radius 2 is 2.06 bits per heavy atom. The Labute approximate surface area is 212 Å². The van der Waals surface area contributed by atoms with Crippen LogP contribution in [0.25, 0.3) is 0 Å². The first-order valence-electron chi connectivity index (χ1n) is 10.2. The highest BCUT2D eigenvalue weighted by Gasteiger charge is 2.23. The zero-order valence-electron chi connectivity index (χ0n) is 18.0. The van der Waals surface area contributed by atoms with E-state index in [2.05, 4.69) is 47.2 Å². The van der Waals surface area contributed by atoms with Crippen LogP contribution in [0.3, 0.4) is 0 Å². The number of guanidine groups is 1. The highest BCUT2D eigenvalue weighted by Crippen LogP contribution is 2.36. The third-order valence-electron chi connectivity index (χ3n) is 4.76. The van der Waals surface area contributed by atoms with Crippen LogP contribution in [-0.4, -0.2) is 64.7 Å². The summed E-state index contributed by atoms with van der Waals surface area (Å²) in [7, 11) is 0. The van der Waals surface area contributed by atoms with Gasteiger partial charge in [-0.1, -0.05) is 11.6 Å². The first-order chi connectivity index (χ1) is 16.6. The summed E-state index contributed by atoms with van der Waals surface area (Å²) in [4.78, 5) is 44.2. The van der Waals surface area contributed by atoms with Gasteiger partial charge in [0.15, 0.2) is 5.96 Å². The average Bonchev–Trinajstić information content (AvgIpc) is 2.81. The molecule has 0 spiro atoms. The average molecular weight is 572 g/mol. The lowest BCUT2D eigenvalue weighted by molar-refractivity contribution is -0.137. The molecule has 1 aromatic carbocycles. The SMILES string of the molecule is O=C(O)CC(NC(=O)CNC(=O)c1cncc(NC2=NCC(F)CN2)c1)c1cc(Cl)cc(Br)c1O. The van der Waals surface area contributed by atoms with Gasteiger partial charge in [-0.15, -0.1) is 0 Å². The molecule has 11 nitrogen and oxygen atoms in total. The molecule has 2 unspecified atom stereocenters. The molecule has 2 amide bonds. The number of phenolic OH excluding ortho intramolecular Hbond substituents is 1. The van der Waals surface area contributed by atoms with E-state index in [0.717, 1.165) is 0 Å². The number of aromatic hydroxyl groups is 1. The number of nitrogens with zero attached hydrogens (tertiary/aromatic N) is 2. The largest absolute Gasteiger partial charge is 0.506 e. The van der Waals surface area contributed by atoms with Crippen LogP contribution in [-0.2, 0) is 9.59 Å². The van der Waals surface area contributed by atoms with Gasteiger partial charge in [0.25, 0.3) is 5.91 Å². The van der Waals surface area contributed by atoms with Crippen molar-refractivity contribution in [2.45, 2.75) is 18.6 Å². The Balaban J connectivity index is 1.62. The number of aliphatic carboxylic acids is 1. The van der Waals surface area contributed by atoms with Gasteiger partial charge in [-0.25, -0.2) is 9.38 Å². The summed E-state index contributed by atoms with van der Waals surface area (Å²) in [5.74, 6) is -2.44. The minimum Gasteiger partial charge on any atom is -0.506 e. The van der Waals surface area contributed by atoms with Crippen LogP contribution in [0.4, 0.5) is 10.1 Å². The smallest absolute Gasteiger partial charge is 0.305 e. The van der Waals surface area contributed by atoms with Crippen LogP contribution in [0.15, 0.2) is 40.1 Å². The van der Waals surface area contributed by atoms with Crippen molar-refractivity contribution < 1.29 is 29.0 Å². The summed E-state index contributed by atoms with van der Waals surface area (Å²) in [6.45, 7) is -0.340. The number of carbonyl (C=O) groups excluding carboxylic acids is 2. The van der Waals surface area contributed by atoms with E-state index in [-0.39, 0.29) is 39.5 Å². The number of phenols is 1. The number of benzene rings is 1. The van der Waals surface area contributed by atoms with Crippen LogP contribution in [0.5, 0.6) is 5.75 Å². The first kappa shape index (κ1) is 26.2. The highest BCUT2D eigenvalue weighted by atomic mass is 79.9. The van der Waals surface area contributed by atoms with Crippen LogP contribution in [0.2, 0.25) is 5.02 Å². The summed E-state index contributed by atoms with van der Waals surface area (Å²) >= 11 is 9.12. The summed E-state index contributed by atoms with van der Waals surface area (Å²) < 4.78 is 13.4. The molecule has 2 atom stereocenters. The molecule has 1 aliphatic rings. The molecule has 0 fully saturated rings. The number of nitrogens with one attached hydrogen (secondary N) is 4. The number of amides is 2. The quantitative estimate of drug-likeness (QED) is 0.280. The van der Waals surface area contributed by atoms with Gasteiger partial charge in [-0.3, -0.25) is 19.4 Å². The number of carbonyl (C=O) groups is 3. The second kappa shape index (κ2) is 11.8. The van der Waals surface area contributed by atoms with Gasteiger partial charge < -0.3 is 31.5 Å². The second-order valence-corrected chi connectivity index (χ2v) is 8.77. The number of carboxylic acid groups (broad SMARTS) is 1. The maximum absolute atomic E-state index is 13.2. The molecule has 0 saturated carbocycles. The van der Waals surface area contributed by atoms with Crippen molar-refractivity contribution >= 4 is 57.0 Å². The molecule has 0 radical (unpaired) electrons. The molecule has 6 N–H and O–H groups in total. The van der Waals surface area contributed by atoms with E-state index in [1.165, 1.54) is 30.6 Å². The van der Waals surface area contributed by atoms with Crippen LogP contribution in [0.1, 0.15) is 28.4 Å². The maximum Gasteiger partial charge on any atom is 0.305 e. The zero-order chi connectivity index (χ0) is 25.5. The maximum atomic E-state index is 13.2. The molecule has 35 heavy (non-hydrogen) atoms. The van der Waals surface area contributed by atoms with Gasteiger partial charge in [0, 0.05) is 16.8 Å². The molecule has 0 bridgehead atoms. The van der Waals surface area contributed by atoms with Gasteiger partial charge in [0.05, 0.1) is 54.0 Å². The lowest BCUT2D eigenvalue weighted by Gasteiger charge is -2.20. The van der Waals surface area contributed by atoms with Crippen molar-refractivity contribution in [1.82, 2.24) is 20.9 Å². The van der Waals surface area contributed by atoms with Crippen molar-refractivity contribution in [3.63, 3.8) is 0 Å². The molecule has 0 saturated heterocycles. The Kier molecular flexibility index (Phi) is 8.82. The predicted molar refractivity (Wildman–Crippen MR) is 129 cm³/mol. The third-order valence-corrected chi connectivity index (χ3v) is 5.58. The normalized spacial score (nSPS) is 15.9. The van der Waals surface area contributed by atoms with Crippen LogP contribution < -0.4 is 21.3 Å². The van der Waals surface area contributed by atoms with E-state index in [1.807, 2.05) is 0 Å². The Hall–Kier alpha value is -3.45. The lowest BCUT2D eigenvalue weighted by Crippen LogP contribution is -2.41. The summed E-state index contributed by atoms with van der Waals surface area (Å²) in [5, 5.41) is 30.3. The fourth-order valence-corrected chi connectivity index (χ4v) is 3.98. The van der Waals surface area contributed by atoms with Gasteiger partial charge in [-0.05, 0) is 34.1 Å². The van der Waals surface area contributed by atoms with E-state index >= 15 is 0 Å². The standard InChI is InChI=1S/C21H21BrClFN6O5/c22-15-3-11(23)2-14(19(15)34)16(4-18(32)33)30-17(31)9-26-20(35)10-1-13(8-25-5-10)29-21-27-6-12(24)7-28-21/h1-3,5,8,12,16,34H,4,6-7,9H2,(H,26,35)(H,30,31)(H,32,33)(H2,27,28,29). The monoisotopic (exact) mass is 570 g/mol. The number of halogens is 3. The topological polar surface area (TPSA) is 165 Å². The number of hydrogen-bond acceptors (Lipinski definition) is 8. The van der Waals surface area contributed by atoms with Gasteiger partial charge in [-0.2, -0.15) is 0 Å². The Morgan fingerprint density at radius 3 is 2.74 bits per heavy atom. The third kappa shape index (κ3) is 7.52. The summed E-state index contributed by atoms with van der Waals surface area (Å²) in [6, 6.07) is 3.14. The number of alkyl halides is 1. The van der Waals surface area contributed by atoms with Crippen molar-refractivity contribution in [3.05, 3.63) is 51.2 Å². The molecule has 3 rings (SSSR count). The number of aromatic nitrogens is 1. The van der Waals surface area contributed by atoms with Gasteiger partial charge in [0.2, 0.25) is 5.91 Å². The molecule has 14 heteroatoms. The van der Waals surface area contributed by atoms with Crippen molar-refractivity contribution in [3.8, 4) is 5.75 Å². The fourth-order valence-electron chi connectivity index (χ4n) is 3.14. The first-order valence-corrected chi connectivity index (χ1v) is 11.4. The number of pyridine rings is 1. The number of hydrogen-bond donors (Lipinski definition) is 6. The molecule has 2 aromatic rings. The molecule has 1 aliphatic heterocycles. The number of rotatable bonds is 8. The van der Waals surface area contributed by atoms with E-state index in [1.54, 1.807) is 0 Å². The molecular formula is C21H21BrClFN6O5. The summed E-state index contributed by atoms with van der Waals surface area (Å²) in [5.41, 5.74) is 0.669. The lowest BCUT2D eigenvalue weighted by atomic mass is 10.0. The second-order valence-electron chi connectivity index (χ2n) is 7.48. The van der Waals surface area contributed by atoms with E-state index in [0.29, 0.717) is 11.6 Å². The van der Waals surface area contributed by atoms with Crippen LogP contribution >= 0.6 is 27.5 Å². The number of aliphatic imine (C=N–C) groups is 1. The van der Waals surface area contributed by atoms with E-state index in [9.17, 15) is 29.0 Å². The van der Waals surface area contributed by atoms with Crippen molar-refractivity contribution in [2.75, 3.05) is 25.0 Å². The molecule has 1 aromatic heterocycles. The molecular weight excluding hydrogens is 551 g/mol. The number of anilines is 1. The van der Waals surface area contributed by atoms with Crippen molar-refractivity contribution in [2.24, 2.45) is 4.99 Å². The van der Waals surface area contributed by atoms with Gasteiger partial charge in [0.1, 0.15) is 11.9 Å². The zero-order valence-corrected chi connectivity index (χ0v) is 20.4. The number of carboxylic acids is 1. The fraction of sp³-hybridized carbons (Fsp3) is 0.286. The van der Waals surface area contributed by atoms with Gasteiger partial charge >= 0.3 is 5.97 Å².